The van der Waals surface area contributed by atoms with Gasteiger partial charge in [-0.25, -0.2) is 9.97 Å². The van der Waals surface area contributed by atoms with Gasteiger partial charge < -0.3 is 16.0 Å². The summed E-state index contributed by atoms with van der Waals surface area (Å²) in [6.07, 6.45) is 4.37. The van der Waals surface area contributed by atoms with Gasteiger partial charge >= 0.3 is 0 Å². The van der Waals surface area contributed by atoms with Gasteiger partial charge in [-0.3, -0.25) is 4.98 Å². The first-order valence-electron chi connectivity index (χ1n) is 9.18. The van der Waals surface area contributed by atoms with Crippen LogP contribution in [-0.4, -0.2) is 40.1 Å². The first kappa shape index (κ1) is 15.7. The van der Waals surface area contributed by atoms with Crippen molar-refractivity contribution >= 4 is 16.7 Å². The van der Waals surface area contributed by atoms with Crippen LogP contribution in [0, 0.1) is 0 Å². The van der Waals surface area contributed by atoms with E-state index in [1.807, 2.05) is 30.5 Å². The van der Waals surface area contributed by atoms with Crippen LogP contribution in [0.5, 0.6) is 0 Å². The molecule has 6 nitrogen and oxygen atoms in total. The quantitative estimate of drug-likeness (QED) is 0.756. The molecular formula is C20H22N6. The highest BCUT2D eigenvalue weighted by molar-refractivity contribution is 5.80. The van der Waals surface area contributed by atoms with E-state index in [2.05, 4.69) is 27.3 Å². The summed E-state index contributed by atoms with van der Waals surface area (Å²) < 4.78 is 0. The molecule has 5 rings (SSSR count). The molecule has 3 aromatic heterocycles. The van der Waals surface area contributed by atoms with Crippen molar-refractivity contribution in [1.82, 2.24) is 20.3 Å². The predicted octanol–water partition coefficient (Wildman–Crippen LogP) is 2.09. The first-order chi connectivity index (χ1) is 12.7. The number of hydrogen-bond donors (Lipinski definition) is 2. The highest BCUT2D eigenvalue weighted by Crippen LogP contribution is 2.38. The van der Waals surface area contributed by atoms with Crippen LogP contribution < -0.4 is 16.0 Å². The molecule has 132 valence electrons. The summed E-state index contributed by atoms with van der Waals surface area (Å²) in [4.78, 5) is 16.4. The summed E-state index contributed by atoms with van der Waals surface area (Å²) in [5.41, 5.74) is 9.58. The van der Waals surface area contributed by atoms with Gasteiger partial charge in [0.05, 0.1) is 22.6 Å². The highest BCUT2D eigenvalue weighted by Gasteiger charge is 2.45. The Labute approximate surface area is 152 Å². The van der Waals surface area contributed by atoms with E-state index in [0.29, 0.717) is 12.1 Å². The molecular weight excluding hydrogens is 324 g/mol. The Bertz CT molecular complexity index is 965. The third-order valence-electron chi connectivity index (χ3n) is 5.39. The summed E-state index contributed by atoms with van der Waals surface area (Å²) in [5, 5.41) is 4.66. The molecule has 2 fully saturated rings. The lowest BCUT2D eigenvalue weighted by molar-refractivity contribution is 0.440. The number of hydrogen-bond acceptors (Lipinski definition) is 6. The molecule has 4 heterocycles. The van der Waals surface area contributed by atoms with Gasteiger partial charge in [0.15, 0.2) is 0 Å². The van der Waals surface area contributed by atoms with Gasteiger partial charge in [-0.15, -0.1) is 0 Å². The number of rotatable bonds is 3. The maximum atomic E-state index is 5.71. The number of piperazine rings is 1. The number of nitrogens with zero attached hydrogens (tertiary/aromatic N) is 4. The van der Waals surface area contributed by atoms with E-state index < -0.39 is 0 Å². The number of nitrogens with two attached hydrogens (primary N) is 1. The number of aromatic nitrogens is 3. The summed E-state index contributed by atoms with van der Waals surface area (Å²) in [5.74, 6) is 1.04. The molecule has 0 bridgehead atoms. The van der Waals surface area contributed by atoms with Crippen LogP contribution in [-0.2, 0) is 6.54 Å². The fourth-order valence-electron chi connectivity index (χ4n) is 3.69. The molecule has 1 aliphatic carbocycles. The van der Waals surface area contributed by atoms with Gasteiger partial charge in [0.2, 0.25) is 0 Å². The SMILES string of the molecule is NCc1cc2nc(-c3cccc(N4CCNC5(CC5)C4)n3)ccc2cn1. The Hall–Kier alpha value is -2.57. The van der Waals surface area contributed by atoms with Gasteiger partial charge in [-0.05, 0) is 43.2 Å². The molecule has 1 saturated carbocycles. The van der Waals surface area contributed by atoms with Crippen LogP contribution in [0.1, 0.15) is 18.5 Å². The molecule has 0 unspecified atom stereocenters. The fourth-order valence-corrected chi connectivity index (χ4v) is 3.69. The number of pyridine rings is 3. The lowest BCUT2D eigenvalue weighted by Gasteiger charge is -2.35. The minimum atomic E-state index is 0.336. The van der Waals surface area contributed by atoms with E-state index in [1.54, 1.807) is 0 Å². The van der Waals surface area contributed by atoms with E-state index in [4.69, 9.17) is 15.7 Å². The largest absolute Gasteiger partial charge is 0.353 e. The van der Waals surface area contributed by atoms with Crippen LogP contribution in [0.25, 0.3) is 22.3 Å². The molecule has 0 radical (unpaired) electrons. The highest BCUT2D eigenvalue weighted by atomic mass is 15.3. The van der Waals surface area contributed by atoms with Crippen molar-refractivity contribution in [2.45, 2.75) is 24.9 Å². The van der Waals surface area contributed by atoms with Gasteiger partial charge in [-0.1, -0.05) is 6.07 Å². The second kappa shape index (κ2) is 6.00. The Morgan fingerprint density at radius 3 is 2.85 bits per heavy atom. The van der Waals surface area contributed by atoms with E-state index in [-0.39, 0.29) is 0 Å². The zero-order valence-electron chi connectivity index (χ0n) is 14.7. The van der Waals surface area contributed by atoms with Gasteiger partial charge in [0, 0.05) is 43.3 Å². The average Bonchev–Trinajstić information content (AvgIpc) is 3.45. The molecule has 6 heteroatoms. The second-order valence-electron chi connectivity index (χ2n) is 7.28. The Balaban J connectivity index is 1.49. The maximum absolute atomic E-state index is 5.71. The smallest absolute Gasteiger partial charge is 0.129 e. The minimum absolute atomic E-state index is 0.336. The van der Waals surface area contributed by atoms with Crippen molar-refractivity contribution in [3.05, 3.63) is 48.3 Å². The Kier molecular flexibility index (Phi) is 3.62. The standard InChI is InChI=1S/C20H22N6/c21-11-15-10-18-14(12-22-15)4-5-17(24-18)16-2-1-3-19(25-16)26-9-8-23-20(13-26)6-7-20/h1-5,10,12,23H,6-9,11,13,21H2. The van der Waals surface area contributed by atoms with E-state index in [0.717, 1.165) is 53.4 Å². The van der Waals surface area contributed by atoms with Crippen molar-refractivity contribution in [2.75, 3.05) is 24.5 Å². The molecule has 0 atom stereocenters. The maximum Gasteiger partial charge on any atom is 0.129 e. The Morgan fingerprint density at radius 2 is 2.00 bits per heavy atom. The van der Waals surface area contributed by atoms with Crippen molar-refractivity contribution in [1.29, 1.82) is 0 Å². The molecule has 1 spiro atoms. The molecule has 3 N–H and O–H groups in total. The first-order valence-corrected chi connectivity index (χ1v) is 9.18. The Morgan fingerprint density at radius 1 is 1.12 bits per heavy atom. The van der Waals surface area contributed by atoms with E-state index in [9.17, 15) is 0 Å². The predicted molar refractivity (Wildman–Crippen MR) is 103 cm³/mol. The van der Waals surface area contributed by atoms with Gasteiger partial charge in [0.1, 0.15) is 5.82 Å². The van der Waals surface area contributed by atoms with Crippen molar-refractivity contribution in [3.8, 4) is 11.4 Å². The summed E-state index contributed by atoms with van der Waals surface area (Å²) >= 11 is 0. The van der Waals surface area contributed by atoms with E-state index >= 15 is 0 Å². The van der Waals surface area contributed by atoms with Crippen LogP contribution in [0.3, 0.4) is 0 Å². The zero-order valence-corrected chi connectivity index (χ0v) is 14.7. The van der Waals surface area contributed by atoms with Crippen LogP contribution >= 0.6 is 0 Å². The van der Waals surface area contributed by atoms with Crippen LogP contribution in [0.4, 0.5) is 5.82 Å². The molecule has 26 heavy (non-hydrogen) atoms. The molecule has 1 aliphatic heterocycles. The van der Waals surface area contributed by atoms with Crippen LogP contribution in [0.2, 0.25) is 0 Å². The van der Waals surface area contributed by atoms with E-state index in [1.165, 1.54) is 12.8 Å². The number of nitrogens with one attached hydrogen (secondary N) is 1. The normalized spacial score (nSPS) is 18.4. The number of anilines is 1. The topological polar surface area (TPSA) is 80.0 Å². The zero-order chi connectivity index (χ0) is 17.6. The third kappa shape index (κ3) is 2.81. The van der Waals surface area contributed by atoms with Gasteiger partial charge in [0.25, 0.3) is 0 Å². The van der Waals surface area contributed by atoms with Crippen molar-refractivity contribution in [2.24, 2.45) is 5.73 Å². The fraction of sp³-hybridized carbons (Fsp3) is 0.350. The monoisotopic (exact) mass is 346 g/mol. The average molecular weight is 346 g/mol. The van der Waals surface area contributed by atoms with Crippen molar-refractivity contribution in [3.63, 3.8) is 0 Å². The minimum Gasteiger partial charge on any atom is -0.353 e. The molecule has 3 aromatic rings. The lowest BCUT2D eigenvalue weighted by atomic mass is 10.1. The summed E-state index contributed by atoms with van der Waals surface area (Å²) in [6, 6.07) is 12.2. The molecule has 1 saturated heterocycles. The second-order valence-corrected chi connectivity index (χ2v) is 7.28. The van der Waals surface area contributed by atoms with Crippen LogP contribution in [0.15, 0.2) is 42.6 Å². The summed E-state index contributed by atoms with van der Waals surface area (Å²) in [6.45, 7) is 3.48. The number of fused-ring (bicyclic) bond motifs is 1. The third-order valence-corrected chi connectivity index (χ3v) is 5.39. The molecule has 0 aromatic carbocycles. The van der Waals surface area contributed by atoms with Crippen molar-refractivity contribution < 1.29 is 0 Å². The molecule has 2 aliphatic rings. The lowest BCUT2D eigenvalue weighted by Crippen LogP contribution is -2.52. The molecule has 0 amide bonds. The van der Waals surface area contributed by atoms with Gasteiger partial charge in [-0.2, -0.15) is 0 Å². The summed E-state index contributed by atoms with van der Waals surface area (Å²) in [7, 11) is 0.